The highest BCUT2D eigenvalue weighted by molar-refractivity contribution is 5.74. The highest BCUT2D eigenvalue weighted by Gasteiger charge is 2.41. The van der Waals surface area contributed by atoms with Crippen LogP contribution in [0.25, 0.3) is 0 Å². The predicted octanol–water partition coefficient (Wildman–Crippen LogP) is 3.28. The Labute approximate surface area is 143 Å². The van der Waals surface area contributed by atoms with Gasteiger partial charge in [-0.3, -0.25) is 4.79 Å². The lowest BCUT2D eigenvalue weighted by Crippen LogP contribution is -2.55. The second-order valence-electron chi connectivity index (χ2n) is 7.30. The smallest absolute Gasteiger partial charge is 0.410 e. The van der Waals surface area contributed by atoms with Crippen LogP contribution in [0.15, 0.2) is 30.3 Å². The fraction of sp³-hybridized carbons (Fsp3) is 0.579. The Kier molecular flexibility index (Phi) is 5.86. The Bertz CT molecular complexity index is 558. The molecule has 0 spiro atoms. The minimum Gasteiger partial charge on any atom is -0.469 e. The third-order valence-corrected chi connectivity index (χ3v) is 4.22. The number of hydrogen-bond donors (Lipinski definition) is 0. The maximum absolute atomic E-state index is 12.1. The standard InChI is InChI=1S/C19H27NO4/c1-19(2,3)24-18(22)20-12-15(13-20)16(17(21)23-4)11-10-14-8-6-5-7-9-14/h5-9,15-16H,10-13H2,1-4H3. The first kappa shape index (κ1) is 18.3. The minimum atomic E-state index is -0.503. The van der Waals surface area contributed by atoms with Gasteiger partial charge in [0.2, 0.25) is 0 Å². The van der Waals surface area contributed by atoms with Crippen LogP contribution in [0.2, 0.25) is 0 Å². The van der Waals surface area contributed by atoms with Crippen molar-refractivity contribution in [1.82, 2.24) is 4.90 Å². The van der Waals surface area contributed by atoms with Gasteiger partial charge in [0.25, 0.3) is 0 Å². The third-order valence-electron chi connectivity index (χ3n) is 4.22. The molecular weight excluding hydrogens is 306 g/mol. The average molecular weight is 333 g/mol. The molecule has 1 fully saturated rings. The Morgan fingerprint density at radius 3 is 2.38 bits per heavy atom. The van der Waals surface area contributed by atoms with Gasteiger partial charge in [0.1, 0.15) is 5.60 Å². The Morgan fingerprint density at radius 1 is 1.21 bits per heavy atom. The second-order valence-corrected chi connectivity index (χ2v) is 7.30. The van der Waals surface area contributed by atoms with Gasteiger partial charge in [0.15, 0.2) is 0 Å². The van der Waals surface area contributed by atoms with Gasteiger partial charge in [-0.25, -0.2) is 4.79 Å². The number of amides is 1. The van der Waals surface area contributed by atoms with E-state index in [0.29, 0.717) is 13.1 Å². The van der Waals surface area contributed by atoms with Crippen molar-refractivity contribution in [2.45, 2.75) is 39.2 Å². The van der Waals surface area contributed by atoms with Crippen LogP contribution in [0.1, 0.15) is 32.8 Å². The number of carbonyl (C=O) groups is 2. The summed E-state index contributed by atoms with van der Waals surface area (Å²) in [6.07, 6.45) is 1.23. The van der Waals surface area contributed by atoms with E-state index in [0.717, 1.165) is 12.8 Å². The Hall–Kier alpha value is -2.04. The largest absolute Gasteiger partial charge is 0.469 e. The molecule has 5 nitrogen and oxygen atoms in total. The van der Waals surface area contributed by atoms with E-state index in [-0.39, 0.29) is 23.9 Å². The van der Waals surface area contributed by atoms with E-state index in [1.54, 1.807) is 4.90 Å². The van der Waals surface area contributed by atoms with E-state index in [2.05, 4.69) is 12.1 Å². The number of benzene rings is 1. The molecule has 0 saturated carbocycles. The Morgan fingerprint density at radius 2 is 1.83 bits per heavy atom. The number of carbonyl (C=O) groups excluding carboxylic acids is 2. The van der Waals surface area contributed by atoms with E-state index in [1.807, 2.05) is 39.0 Å². The average Bonchev–Trinajstić information content (AvgIpc) is 2.47. The summed E-state index contributed by atoms with van der Waals surface area (Å²) in [5.41, 5.74) is 0.701. The molecule has 1 saturated heterocycles. The van der Waals surface area contributed by atoms with Crippen LogP contribution < -0.4 is 0 Å². The van der Waals surface area contributed by atoms with Crippen molar-refractivity contribution in [3.8, 4) is 0 Å². The van der Waals surface area contributed by atoms with Gasteiger partial charge in [0, 0.05) is 19.0 Å². The van der Waals surface area contributed by atoms with E-state index >= 15 is 0 Å². The first-order chi connectivity index (χ1) is 11.3. The molecule has 1 aromatic carbocycles. The molecule has 0 bridgehead atoms. The van der Waals surface area contributed by atoms with Crippen molar-refractivity contribution in [3.05, 3.63) is 35.9 Å². The van der Waals surface area contributed by atoms with Crippen LogP contribution in [-0.4, -0.2) is 42.8 Å². The molecule has 1 unspecified atom stereocenters. The summed E-state index contributed by atoms with van der Waals surface area (Å²) in [7, 11) is 1.42. The minimum absolute atomic E-state index is 0.133. The van der Waals surface area contributed by atoms with E-state index in [4.69, 9.17) is 9.47 Å². The summed E-state index contributed by atoms with van der Waals surface area (Å²) in [6.45, 7) is 6.63. The van der Waals surface area contributed by atoms with Gasteiger partial charge in [-0.05, 0) is 39.2 Å². The van der Waals surface area contributed by atoms with Crippen molar-refractivity contribution in [2.24, 2.45) is 11.8 Å². The zero-order chi connectivity index (χ0) is 17.7. The number of hydrogen-bond acceptors (Lipinski definition) is 4. The normalized spacial score (nSPS) is 16.2. The van der Waals surface area contributed by atoms with Gasteiger partial charge in [-0.1, -0.05) is 30.3 Å². The third kappa shape index (κ3) is 4.98. The number of esters is 1. The molecule has 1 aliphatic heterocycles. The Balaban J connectivity index is 1.89. The van der Waals surface area contributed by atoms with E-state index in [9.17, 15) is 9.59 Å². The van der Waals surface area contributed by atoms with Gasteiger partial charge in [0.05, 0.1) is 13.0 Å². The molecule has 1 amide bonds. The molecule has 24 heavy (non-hydrogen) atoms. The first-order valence-corrected chi connectivity index (χ1v) is 8.40. The van der Waals surface area contributed by atoms with Gasteiger partial charge in [-0.2, -0.15) is 0 Å². The lowest BCUT2D eigenvalue weighted by molar-refractivity contribution is -0.150. The fourth-order valence-corrected chi connectivity index (χ4v) is 2.91. The molecule has 1 aliphatic rings. The van der Waals surface area contributed by atoms with Gasteiger partial charge >= 0.3 is 12.1 Å². The highest BCUT2D eigenvalue weighted by atomic mass is 16.6. The van der Waals surface area contributed by atoms with Crippen LogP contribution >= 0.6 is 0 Å². The summed E-state index contributed by atoms with van der Waals surface area (Å²) in [5, 5.41) is 0. The molecule has 1 heterocycles. The quantitative estimate of drug-likeness (QED) is 0.776. The topological polar surface area (TPSA) is 55.8 Å². The van der Waals surface area contributed by atoms with Crippen LogP contribution in [0.4, 0.5) is 4.79 Å². The molecule has 2 rings (SSSR count). The maximum atomic E-state index is 12.1. The lowest BCUT2D eigenvalue weighted by atomic mass is 9.82. The number of aryl methyl sites for hydroxylation is 1. The highest BCUT2D eigenvalue weighted by Crippen LogP contribution is 2.30. The molecule has 132 valence electrons. The monoisotopic (exact) mass is 333 g/mol. The summed E-state index contributed by atoms with van der Waals surface area (Å²) < 4.78 is 10.3. The van der Waals surface area contributed by atoms with Crippen molar-refractivity contribution < 1.29 is 19.1 Å². The summed E-state index contributed by atoms with van der Waals surface area (Å²) in [4.78, 5) is 25.8. The molecule has 1 atom stereocenters. The van der Waals surface area contributed by atoms with Gasteiger partial charge < -0.3 is 14.4 Å². The molecule has 1 aromatic rings. The zero-order valence-electron chi connectivity index (χ0n) is 15.0. The lowest BCUT2D eigenvalue weighted by Gasteiger charge is -2.42. The van der Waals surface area contributed by atoms with Crippen molar-refractivity contribution in [3.63, 3.8) is 0 Å². The van der Waals surface area contributed by atoms with Crippen molar-refractivity contribution >= 4 is 12.1 Å². The molecule has 0 radical (unpaired) electrons. The van der Waals surface area contributed by atoms with Gasteiger partial charge in [-0.15, -0.1) is 0 Å². The maximum Gasteiger partial charge on any atom is 0.410 e. The molecular formula is C19H27NO4. The molecule has 0 aliphatic carbocycles. The number of methoxy groups -OCH3 is 1. The first-order valence-electron chi connectivity index (χ1n) is 8.40. The molecule has 0 N–H and O–H groups in total. The van der Waals surface area contributed by atoms with E-state index in [1.165, 1.54) is 12.7 Å². The van der Waals surface area contributed by atoms with Crippen LogP contribution in [-0.2, 0) is 20.7 Å². The number of ether oxygens (including phenoxy) is 2. The summed E-state index contributed by atoms with van der Waals surface area (Å²) in [5.74, 6) is -0.248. The van der Waals surface area contributed by atoms with E-state index < -0.39 is 5.60 Å². The summed E-state index contributed by atoms with van der Waals surface area (Å²) >= 11 is 0. The number of nitrogens with zero attached hydrogens (tertiary/aromatic N) is 1. The predicted molar refractivity (Wildman–Crippen MR) is 91.6 cm³/mol. The molecule has 0 aromatic heterocycles. The number of rotatable bonds is 5. The molecule has 5 heteroatoms. The van der Waals surface area contributed by atoms with Crippen LogP contribution in [0.5, 0.6) is 0 Å². The van der Waals surface area contributed by atoms with Crippen LogP contribution in [0, 0.1) is 11.8 Å². The second kappa shape index (κ2) is 7.69. The zero-order valence-corrected chi connectivity index (χ0v) is 15.0. The number of likely N-dealkylation sites (tertiary alicyclic amines) is 1. The van der Waals surface area contributed by atoms with Crippen molar-refractivity contribution in [2.75, 3.05) is 20.2 Å². The van der Waals surface area contributed by atoms with Crippen molar-refractivity contribution in [1.29, 1.82) is 0 Å². The van der Waals surface area contributed by atoms with Crippen LogP contribution in [0.3, 0.4) is 0 Å². The summed E-state index contributed by atoms with van der Waals surface area (Å²) in [6, 6.07) is 10.1. The fourth-order valence-electron chi connectivity index (χ4n) is 2.91. The SMILES string of the molecule is COC(=O)C(CCc1ccccc1)C1CN(C(=O)OC(C)(C)C)C1.